The second-order valence-electron chi connectivity index (χ2n) is 17.2. The minimum absolute atomic E-state index is 0.112. The predicted octanol–water partition coefficient (Wildman–Crippen LogP) is 11.1. The van der Waals surface area contributed by atoms with E-state index in [0.29, 0.717) is 12.8 Å². The van der Waals surface area contributed by atoms with Gasteiger partial charge in [0.25, 0.3) is 0 Å². The molecule has 58 heavy (non-hydrogen) atoms. The van der Waals surface area contributed by atoms with Crippen LogP contribution in [0.2, 0.25) is 0 Å². The van der Waals surface area contributed by atoms with Gasteiger partial charge in [0.2, 0.25) is 11.8 Å². The van der Waals surface area contributed by atoms with Crippen LogP contribution in [0.5, 0.6) is 0 Å². The van der Waals surface area contributed by atoms with Crippen LogP contribution in [0.25, 0.3) is 0 Å². The van der Waals surface area contributed by atoms with Crippen LogP contribution in [0.3, 0.4) is 0 Å². The fourth-order valence-corrected chi connectivity index (χ4v) is 9.45. The van der Waals surface area contributed by atoms with Crippen molar-refractivity contribution in [3.63, 3.8) is 0 Å². The number of aliphatic carboxylic acids is 2. The molecule has 0 spiro atoms. The molecule has 0 aliphatic rings. The zero-order chi connectivity index (χ0) is 42.9. The molecule has 0 aliphatic carbocycles. The highest BCUT2D eigenvalue weighted by Gasteiger charge is 2.23. The molecule has 0 aromatic rings. The van der Waals surface area contributed by atoms with Crippen LogP contribution in [0.1, 0.15) is 205 Å². The molecule has 0 heterocycles. The number of carboxylic acids is 2. The molecular formula is C46H90N4O6S2. The summed E-state index contributed by atoms with van der Waals surface area (Å²) in [7, 11) is 11.0. The molecule has 342 valence electrons. The van der Waals surface area contributed by atoms with Crippen LogP contribution in [0, 0.1) is 0 Å². The van der Waals surface area contributed by atoms with Crippen LogP contribution in [0.4, 0.5) is 0 Å². The van der Waals surface area contributed by atoms with E-state index in [1.165, 1.54) is 189 Å². The number of hydrogen-bond donors (Lipinski definition) is 4. The molecule has 0 aromatic heterocycles. The van der Waals surface area contributed by atoms with Gasteiger partial charge in [-0.2, -0.15) is 0 Å². The quantitative estimate of drug-likeness (QED) is 0.0346. The Labute approximate surface area is 364 Å². The summed E-state index contributed by atoms with van der Waals surface area (Å²) < 4.78 is 0. The SMILES string of the molecule is CN(C)CCCCCCCCCCCCCCCCCC(=O)NC(CSSCC(NC(=O)CCCCCCCCCCCCCCCCCN(C)C)C(=O)O)C(=O)O. The Morgan fingerprint density at radius 2 is 0.586 bits per heavy atom. The van der Waals surface area contributed by atoms with E-state index in [-0.39, 0.29) is 23.3 Å². The van der Waals surface area contributed by atoms with Crippen molar-refractivity contribution in [1.29, 1.82) is 0 Å². The van der Waals surface area contributed by atoms with Gasteiger partial charge in [0.05, 0.1) is 0 Å². The Bertz CT molecular complexity index is 914. The molecule has 0 bridgehead atoms. The minimum atomic E-state index is -1.11. The molecule has 12 heteroatoms. The largest absolute Gasteiger partial charge is 0.480 e. The van der Waals surface area contributed by atoms with E-state index in [1.807, 2.05) is 0 Å². The standard InChI is InChI=1S/C46H90N4O6S2/c1-49(2)37-33-29-25-21-17-13-9-5-7-11-15-19-23-27-31-35-43(51)47-41(45(53)54)39-57-58-40-42(46(55)56)48-44(52)36-32-28-24-20-16-12-8-6-10-14-18-22-26-30-34-38-50(3)4/h41-42H,5-40H2,1-4H3,(H,47,51)(H,48,52)(H,53,54)(H,55,56). The average Bonchev–Trinajstić information content (AvgIpc) is 3.17. The van der Waals surface area contributed by atoms with E-state index in [4.69, 9.17) is 0 Å². The van der Waals surface area contributed by atoms with Gasteiger partial charge in [-0.3, -0.25) is 9.59 Å². The lowest BCUT2D eigenvalue weighted by molar-refractivity contribution is -0.141. The lowest BCUT2D eigenvalue weighted by atomic mass is 10.0. The van der Waals surface area contributed by atoms with Crippen LogP contribution in [0.15, 0.2) is 0 Å². The number of nitrogens with one attached hydrogen (secondary N) is 2. The highest BCUT2D eigenvalue weighted by molar-refractivity contribution is 8.76. The van der Waals surface area contributed by atoms with Crippen molar-refractivity contribution in [3.05, 3.63) is 0 Å². The second kappa shape index (κ2) is 42.2. The fraction of sp³-hybridized carbons (Fsp3) is 0.913. The van der Waals surface area contributed by atoms with E-state index in [2.05, 4.69) is 48.6 Å². The molecule has 0 rings (SSSR count). The van der Waals surface area contributed by atoms with Gasteiger partial charge >= 0.3 is 11.9 Å². The maximum Gasteiger partial charge on any atom is 0.327 e. The molecule has 4 N–H and O–H groups in total. The molecule has 2 atom stereocenters. The first kappa shape index (κ1) is 56.5. The normalized spacial score (nSPS) is 12.6. The minimum Gasteiger partial charge on any atom is -0.480 e. The monoisotopic (exact) mass is 859 g/mol. The van der Waals surface area contributed by atoms with Crippen LogP contribution in [-0.4, -0.2) is 109 Å². The summed E-state index contributed by atoms with van der Waals surface area (Å²) in [5.41, 5.74) is 0. The molecule has 0 aromatic carbocycles. The Morgan fingerprint density at radius 1 is 0.379 bits per heavy atom. The van der Waals surface area contributed by atoms with E-state index in [1.54, 1.807) is 0 Å². The van der Waals surface area contributed by atoms with Crippen molar-refractivity contribution in [3.8, 4) is 0 Å². The number of carbonyl (C=O) groups excluding carboxylic acids is 2. The molecule has 0 saturated carbocycles. The Hall–Kier alpha value is -1.50. The second-order valence-corrected chi connectivity index (χ2v) is 19.8. The summed E-state index contributed by atoms with van der Waals surface area (Å²) in [6.07, 6.45) is 37.8. The summed E-state index contributed by atoms with van der Waals surface area (Å²) in [4.78, 5) is 52.9. The number of carboxylic acid groups (broad SMARTS) is 2. The number of carbonyl (C=O) groups is 4. The maximum atomic E-state index is 12.4. The summed E-state index contributed by atoms with van der Waals surface area (Å²) in [5, 5.41) is 24.5. The molecule has 2 amide bonds. The van der Waals surface area contributed by atoms with Gasteiger partial charge in [-0.15, -0.1) is 0 Å². The van der Waals surface area contributed by atoms with E-state index in [0.717, 1.165) is 38.5 Å². The van der Waals surface area contributed by atoms with E-state index >= 15 is 0 Å². The number of amides is 2. The third-order valence-electron chi connectivity index (χ3n) is 10.8. The first-order valence-electron chi connectivity index (χ1n) is 23.6. The lowest BCUT2D eigenvalue weighted by Gasteiger charge is -2.16. The number of hydrogen-bond acceptors (Lipinski definition) is 8. The zero-order valence-electron chi connectivity index (χ0n) is 37.8. The molecule has 0 fully saturated rings. The van der Waals surface area contributed by atoms with Gasteiger partial charge < -0.3 is 30.6 Å². The fourth-order valence-electron chi connectivity index (χ4n) is 7.14. The summed E-state index contributed by atoms with van der Waals surface area (Å²) in [6.45, 7) is 2.40. The first-order chi connectivity index (χ1) is 28.0. The van der Waals surface area contributed by atoms with Crippen LogP contribution in [-0.2, 0) is 19.2 Å². The zero-order valence-corrected chi connectivity index (χ0v) is 39.5. The highest BCUT2D eigenvalue weighted by Crippen LogP contribution is 2.24. The molecule has 2 unspecified atom stereocenters. The number of nitrogens with zero attached hydrogens (tertiary/aromatic N) is 2. The van der Waals surface area contributed by atoms with Gasteiger partial charge in [0, 0.05) is 24.3 Å². The van der Waals surface area contributed by atoms with E-state index in [9.17, 15) is 29.4 Å². The average molecular weight is 859 g/mol. The van der Waals surface area contributed by atoms with Crippen molar-refractivity contribution in [2.24, 2.45) is 0 Å². The summed E-state index contributed by atoms with van der Waals surface area (Å²) in [6, 6.07) is -2.09. The lowest BCUT2D eigenvalue weighted by Crippen LogP contribution is -2.43. The topological polar surface area (TPSA) is 139 Å². The van der Waals surface area contributed by atoms with Crippen molar-refractivity contribution in [2.45, 2.75) is 218 Å². The smallest absolute Gasteiger partial charge is 0.327 e. The van der Waals surface area contributed by atoms with Gasteiger partial charge in [-0.1, -0.05) is 189 Å². The number of rotatable bonds is 45. The maximum absolute atomic E-state index is 12.4. The Kier molecular flexibility index (Phi) is 41.1. The van der Waals surface area contributed by atoms with Crippen molar-refractivity contribution in [1.82, 2.24) is 20.4 Å². The molecule has 0 saturated heterocycles. The van der Waals surface area contributed by atoms with Crippen molar-refractivity contribution >= 4 is 45.3 Å². The first-order valence-corrected chi connectivity index (χ1v) is 26.1. The van der Waals surface area contributed by atoms with E-state index < -0.39 is 24.0 Å². The van der Waals surface area contributed by atoms with Gasteiger partial charge in [-0.05, 0) is 67.0 Å². The molecule has 0 aliphatic heterocycles. The highest BCUT2D eigenvalue weighted by atomic mass is 33.1. The molecular weight excluding hydrogens is 769 g/mol. The van der Waals surface area contributed by atoms with Gasteiger partial charge in [0.1, 0.15) is 12.1 Å². The summed E-state index contributed by atoms with van der Waals surface area (Å²) >= 11 is 0. The third-order valence-corrected chi connectivity index (χ3v) is 13.3. The predicted molar refractivity (Wildman–Crippen MR) is 249 cm³/mol. The van der Waals surface area contributed by atoms with Crippen LogP contribution < -0.4 is 10.6 Å². The van der Waals surface area contributed by atoms with Gasteiger partial charge in [0.15, 0.2) is 0 Å². The third kappa shape index (κ3) is 41.2. The summed E-state index contributed by atoms with van der Waals surface area (Å²) in [5.74, 6) is -2.52. The Morgan fingerprint density at radius 3 is 0.793 bits per heavy atom. The van der Waals surface area contributed by atoms with Crippen molar-refractivity contribution < 1.29 is 29.4 Å². The van der Waals surface area contributed by atoms with Crippen molar-refractivity contribution in [2.75, 3.05) is 52.8 Å². The van der Waals surface area contributed by atoms with Gasteiger partial charge in [-0.25, -0.2) is 9.59 Å². The molecule has 10 nitrogen and oxygen atoms in total. The number of unbranched alkanes of at least 4 members (excludes halogenated alkanes) is 28. The van der Waals surface area contributed by atoms with Crippen LogP contribution >= 0.6 is 21.6 Å². The Balaban J connectivity index is 3.82. The molecule has 0 radical (unpaired) electrons.